The van der Waals surface area contributed by atoms with Gasteiger partial charge in [0.15, 0.2) is 9.84 Å². The molecule has 1 rings (SSSR count). The summed E-state index contributed by atoms with van der Waals surface area (Å²) in [5, 5.41) is 9.18. The molecule has 0 spiro atoms. The molecule has 78 valence electrons. The first-order valence-corrected chi connectivity index (χ1v) is 6.30. The van der Waals surface area contributed by atoms with Gasteiger partial charge in [-0.25, -0.2) is 8.42 Å². The van der Waals surface area contributed by atoms with Gasteiger partial charge in [-0.3, -0.25) is 0 Å². The summed E-state index contributed by atoms with van der Waals surface area (Å²) in [6.45, 7) is -0.318. The Labute approximate surface area is 92.2 Å². The Kier molecular flexibility index (Phi) is 3.42. The fraction of sp³-hybridized carbons (Fsp3) is 0.250. The lowest BCUT2D eigenvalue weighted by Gasteiger charge is -2.06. The summed E-state index contributed by atoms with van der Waals surface area (Å²) in [5.41, 5.74) is 0.334. The fourth-order valence-corrected chi connectivity index (χ4v) is 2.34. The number of benzene rings is 1. The van der Waals surface area contributed by atoms with E-state index in [1.165, 1.54) is 12.1 Å². The van der Waals surface area contributed by atoms with Crippen LogP contribution in [0.5, 0.6) is 0 Å². The highest BCUT2D eigenvalue weighted by molar-refractivity contribution is 7.90. The fourth-order valence-electron chi connectivity index (χ4n) is 0.945. The summed E-state index contributed by atoms with van der Waals surface area (Å²) in [6.07, 6.45) is 1.06. The van der Waals surface area contributed by atoms with Crippen molar-refractivity contribution in [2.75, 3.05) is 6.26 Å². The third kappa shape index (κ3) is 2.39. The van der Waals surface area contributed by atoms with E-state index in [0.29, 0.717) is 5.56 Å². The molecule has 1 aromatic carbocycles. The Morgan fingerprint density at radius 2 is 1.71 bits per heavy atom. The largest absolute Gasteiger partial charge is 0.392 e. The highest BCUT2D eigenvalue weighted by atomic mass is 35.5. The van der Waals surface area contributed by atoms with E-state index < -0.39 is 9.84 Å². The maximum absolute atomic E-state index is 11.2. The molecule has 0 aromatic heterocycles. The molecule has 6 heteroatoms. The van der Waals surface area contributed by atoms with Crippen molar-refractivity contribution < 1.29 is 13.5 Å². The van der Waals surface area contributed by atoms with Crippen molar-refractivity contribution in [2.45, 2.75) is 11.5 Å². The molecule has 0 saturated heterocycles. The Morgan fingerprint density at radius 3 is 2.00 bits per heavy atom. The molecule has 0 heterocycles. The van der Waals surface area contributed by atoms with E-state index in [-0.39, 0.29) is 21.5 Å². The summed E-state index contributed by atoms with van der Waals surface area (Å²) < 4.78 is 22.3. The number of halogens is 2. The van der Waals surface area contributed by atoms with E-state index >= 15 is 0 Å². The standard InChI is InChI=1S/C8H8Cl2O3S/c1-14(12,13)5-2-7(9)6(4-11)8(10)3-5/h2-3,11H,4H2,1H3. The summed E-state index contributed by atoms with van der Waals surface area (Å²) in [7, 11) is -3.32. The predicted octanol–water partition coefficient (Wildman–Crippen LogP) is 1.89. The lowest BCUT2D eigenvalue weighted by Crippen LogP contribution is -1.99. The number of rotatable bonds is 2. The minimum Gasteiger partial charge on any atom is -0.392 e. The minimum atomic E-state index is -3.32. The second kappa shape index (κ2) is 4.06. The van der Waals surface area contributed by atoms with Crippen molar-refractivity contribution in [3.05, 3.63) is 27.7 Å². The molecule has 0 saturated carbocycles. The average Bonchev–Trinajstić information content (AvgIpc) is 2.01. The van der Waals surface area contributed by atoms with Gasteiger partial charge in [-0.05, 0) is 12.1 Å². The van der Waals surface area contributed by atoms with E-state index in [4.69, 9.17) is 28.3 Å². The zero-order valence-electron chi connectivity index (χ0n) is 7.29. The van der Waals surface area contributed by atoms with Gasteiger partial charge in [0.2, 0.25) is 0 Å². The molecule has 3 nitrogen and oxygen atoms in total. The number of hydrogen-bond acceptors (Lipinski definition) is 3. The van der Waals surface area contributed by atoms with Crippen molar-refractivity contribution in [1.29, 1.82) is 0 Å². The van der Waals surface area contributed by atoms with Crippen LogP contribution in [-0.4, -0.2) is 19.8 Å². The number of sulfone groups is 1. The monoisotopic (exact) mass is 254 g/mol. The molecule has 14 heavy (non-hydrogen) atoms. The molecule has 0 aliphatic rings. The third-order valence-corrected chi connectivity index (χ3v) is 3.47. The predicted molar refractivity (Wildman–Crippen MR) is 55.5 cm³/mol. The average molecular weight is 255 g/mol. The van der Waals surface area contributed by atoms with E-state index in [9.17, 15) is 8.42 Å². The molecular weight excluding hydrogens is 247 g/mol. The van der Waals surface area contributed by atoms with Gasteiger partial charge >= 0.3 is 0 Å². The first kappa shape index (κ1) is 11.8. The first-order valence-electron chi connectivity index (χ1n) is 3.65. The van der Waals surface area contributed by atoms with Crippen LogP contribution in [0.25, 0.3) is 0 Å². The zero-order chi connectivity index (χ0) is 10.9. The number of hydrogen-bond donors (Lipinski definition) is 1. The van der Waals surface area contributed by atoms with Gasteiger partial charge in [-0.1, -0.05) is 23.2 Å². The van der Waals surface area contributed by atoms with Gasteiger partial charge in [-0.2, -0.15) is 0 Å². The molecule has 0 aliphatic carbocycles. The van der Waals surface area contributed by atoms with Gasteiger partial charge in [0.05, 0.1) is 11.5 Å². The topological polar surface area (TPSA) is 54.4 Å². The highest BCUT2D eigenvalue weighted by Gasteiger charge is 2.13. The molecule has 0 atom stereocenters. The van der Waals surface area contributed by atoms with E-state index in [1.807, 2.05) is 0 Å². The lowest BCUT2D eigenvalue weighted by atomic mass is 10.2. The summed E-state index contributed by atoms with van der Waals surface area (Å²) in [5.74, 6) is 0. The zero-order valence-corrected chi connectivity index (χ0v) is 9.62. The van der Waals surface area contributed by atoms with Crippen LogP contribution in [0.4, 0.5) is 0 Å². The third-order valence-electron chi connectivity index (χ3n) is 1.70. The van der Waals surface area contributed by atoms with Crippen LogP contribution in [-0.2, 0) is 16.4 Å². The SMILES string of the molecule is CS(=O)(=O)c1cc(Cl)c(CO)c(Cl)c1. The minimum absolute atomic E-state index is 0.0460. The Bertz CT molecular complexity index is 431. The molecule has 1 aromatic rings. The van der Waals surface area contributed by atoms with Crippen LogP contribution in [0.15, 0.2) is 17.0 Å². The second-order valence-corrected chi connectivity index (χ2v) is 5.63. The van der Waals surface area contributed by atoms with Gasteiger partial charge in [0.1, 0.15) is 0 Å². The van der Waals surface area contributed by atoms with Crippen LogP contribution in [0, 0.1) is 0 Å². The van der Waals surface area contributed by atoms with Crippen LogP contribution in [0.2, 0.25) is 10.0 Å². The van der Waals surface area contributed by atoms with E-state index in [1.54, 1.807) is 0 Å². The Hall–Kier alpha value is -0.290. The number of aliphatic hydroxyl groups excluding tert-OH is 1. The molecule has 1 N–H and O–H groups in total. The Morgan fingerprint density at radius 1 is 1.29 bits per heavy atom. The van der Waals surface area contributed by atoms with Crippen LogP contribution < -0.4 is 0 Å². The maximum atomic E-state index is 11.2. The van der Waals surface area contributed by atoms with Crippen molar-refractivity contribution in [3.63, 3.8) is 0 Å². The molecule has 0 bridgehead atoms. The van der Waals surface area contributed by atoms with Crippen molar-refractivity contribution >= 4 is 33.0 Å². The summed E-state index contributed by atoms with van der Waals surface area (Å²) >= 11 is 11.5. The van der Waals surface area contributed by atoms with Gasteiger partial charge in [-0.15, -0.1) is 0 Å². The second-order valence-electron chi connectivity index (χ2n) is 2.80. The summed E-state index contributed by atoms with van der Waals surface area (Å²) in [4.78, 5) is 0.0460. The number of aliphatic hydroxyl groups is 1. The highest BCUT2D eigenvalue weighted by Crippen LogP contribution is 2.28. The summed E-state index contributed by atoms with van der Waals surface area (Å²) in [6, 6.07) is 2.54. The first-order chi connectivity index (χ1) is 6.36. The van der Waals surface area contributed by atoms with E-state index in [2.05, 4.69) is 0 Å². The quantitative estimate of drug-likeness (QED) is 0.877. The Balaban J connectivity index is 3.43. The van der Waals surface area contributed by atoms with Crippen molar-refractivity contribution in [1.82, 2.24) is 0 Å². The van der Waals surface area contributed by atoms with E-state index in [0.717, 1.165) is 6.26 Å². The van der Waals surface area contributed by atoms with Gasteiger partial charge in [0.25, 0.3) is 0 Å². The van der Waals surface area contributed by atoms with Gasteiger partial charge < -0.3 is 5.11 Å². The van der Waals surface area contributed by atoms with Crippen molar-refractivity contribution in [2.24, 2.45) is 0 Å². The van der Waals surface area contributed by atoms with Crippen LogP contribution in [0.3, 0.4) is 0 Å². The molecule has 0 aliphatic heterocycles. The maximum Gasteiger partial charge on any atom is 0.175 e. The normalized spacial score (nSPS) is 11.7. The molecular formula is C8H8Cl2O3S. The molecule has 0 unspecified atom stereocenters. The van der Waals surface area contributed by atoms with Crippen LogP contribution in [0.1, 0.15) is 5.56 Å². The lowest BCUT2D eigenvalue weighted by molar-refractivity contribution is 0.282. The molecule has 0 radical (unpaired) electrons. The molecule has 0 fully saturated rings. The van der Waals surface area contributed by atoms with Crippen molar-refractivity contribution in [3.8, 4) is 0 Å². The smallest absolute Gasteiger partial charge is 0.175 e. The van der Waals surface area contributed by atoms with Gasteiger partial charge in [0, 0.05) is 21.9 Å². The molecule has 0 amide bonds. The van der Waals surface area contributed by atoms with Crippen LogP contribution >= 0.6 is 23.2 Å².